The van der Waals surface area contributed by atoms with E-state index in [1.165, 1.54) is 14.1 Å². The number of anilines is 2. The molecule has 3 aromatic rings. The highest BCUT2D eigenvalue weighted by Crippen LogP contribution is 2.23. The number of amides is 3. The number of carbonyl (C=O) groups is 2. The third kappa shape index (κ3) is 5.72. The lowest BCUT2D eigenvalue weighted by Crippen LogP contribution is -2.28. The van der Waals surface area contributed by atoms with Gasteiger partial charge in [-0.25, -0.2) is 22.5 Å². The van der Waals surface area contributed by atoms with Crippen LogP contribution in [0.2, 0.25) is 0 Å². The van der Waals surface area contributed by atoms with Gasteiger partial charge in [-0.2, -0.15) is 0 Å². The maximum absolute atomic E-state index is 12.6. The Morgan fingerprint density at radius 2 is 1.74 bits per heavy atom. The van der Waals surface area contributed by atoms with Crippen molar-refractivity contribution in [2.75, 3.05) is 31.3 Å². The molecule has 2 aromatic carbocycles. The van der Waals surface area contributed by atoms with Crippen molar-refractivity contribution in [3.05, 3.63) is 48.3 Å². The Hall–Kier alpha value is -3.44. The maximum Gasteiger partial charge on any atom is 0.319 e. The van der Waals surface area contributed by atoms with Gasteiger partial charge in [-0.1, -0.05) is 6.07 Å². The molecule has 1 aromatic heterocycles. The zero-order chi connectivity index (χ0) is 24.9. The number of hydrogen-bond donors (Lipinski definition) is 3. The van der Waals surface area contributed by atoms with Crippen LogP contribution in [-0.4, -0.2) is 54.9 Å². The normalized spacial score (nSPS) is 11.6. The van der Waals surface area contributed by atoms with E-state index in [0.717, 1.165) is 9.82 Å². The molecule has 1 heterocycles. The van der Waals surface area contributed by atoms with E-state index in [1.807, 2.05) is 18.4 Å². The average molecular weight is 487 g/mol. The first-order valence-electron chi connectivity index (χ1n) is 11.0. The molecular weight excluding hydrogens is 456 g/mol. The number of imidazole rings is 1. The van der Waals surface area contributed by atoms with Crippen molar-refractivity contribution in [3.63, 3.8) is 0 Å². The standard InChI is InChI=1S/C23H30N6O4S/c1-5-24-23(31)26-17-9-7-8-16(14-17)25-22(30)13-12-21-27-19-15-18(34(32,33)28(3)4)10-11-20(19)29(21)6-2/h7-11,14-15H,5-6,12-13H2,1-4H3,(H,25,30)(H2,24,26,31). The maximum atomic E-state index is 12.6. The smallest absolute Gasteiger partial charge is 0.319 e. The predicted molar refractivity (Wildman–Crippen MR) is 132 cm³/mol. The summed E-state index contributed by atoms with van der Waals surface area (Å²) >= 11 is 0. The summed E-state index contributed by atoms with van der Waals surface area (Å²) in [5.41, 5.74) is 2.53. The number of fused-ring (bicyclic) bond motifs is 1. The lowest BCUT2D eigenvalue weighted by atomic mass is 10.2. The molecule has 11 heteroatoms. The van der Waals surface area contributed by atoms with Gasteiger partial charge in [0.2, 0.25) is 15.9 Å². The van der Waals surface area contributed by atoms with Crippen LogP contribution in [0.25, 0.3) is 11.0 Å². The molecule has 3 N–H and O–H groups in total. The third-order valence-corrected chi connectivity index (χ3v) is 7.02. The fraction of sp³-hybridized carbons (Fsp3) is 0.348. The lowest BCUT2D eigenvalue weighted by Gasteiger charge is -2.11. The van der Waals surface area contributed by atoms with Crippen molar-refractivity contribution in [2.45, 2.75) is 38.1 Å². The molecule has 0 atom stereocenters. The molecule has 0 aliphatic rings. The summed E-state index contributed by atoms with van der Waals surface area (Å²) in [5.74, 6) is 0.513. The van der Waals surface area contributed by atoms with Gasteiger partial charge in [-0.05, 0) is 50.2 Å². The molecular formula is C23H30N6O4S. The summed E-state index contributed by atoms with van der Waals surface area (Å²) in [7, 11) is -0.592. The van der Waals surface area contributed by atoms with Crippen LogP contribution in [0.15, 0.2) is 47.4 Å². The molecule has 182 valence electrons. The summed E-state index contributed by atoms with van der Waals surface area (Å²) in [6, 6.07) is 11.5. The fourth-order valence-corrected chi connectivity index (χ4v) is 4.46. The topological polar surface area (TPSA) is 125 Å². The Balaban J connectivity index is 1.71. The van der Waals surface area contributed by atoms with Gasteiger partial charge < -0.3 is 20.5 Å². The van der Waals surface area contributed by atoms with E-state index in [1.54, 1.807) is 42.5 Å². The second-order valence-corrected chi connectivity index (χ2v) is 9.98. The molecule has 0 saturated carbocycles. The molecule has 0 aliphatic heterocycles. The van der Waals surface area contributed by atoms with E-state index >= 15 is 0 Å². The van der Waals surface area contributed by atoms with E-state index in [0.29, 0.717) is 42.2 Å². The zero-order valence-electron chi connectivity index (χ0n) is 19.8. The predicted octanol–water partition coefficient (Wildman–Crippen LogP) is 3.02. The minimum atomic E-state index is -3.56. The minimum Gasteiger partial charge on any atom is -0.338 e. The van der Waals surface area contributed by atoms with Crippen LogP contribution in [0.3, 0.4) is 0 Å². The van der Waals surface area contributed by atoms with Gasteiger partial charge in [-0.3, -0.25) is 4.79 Å². The summed E-state index contributed by atoms with van der Waals surface area (Å²) < 4.78 is 28.0. The first-order chi connectivity index (χ1) is 16.1. The SMILES string of the molecule is CCNC(=O)Nc1cccc(NC(=O)CCc2nc3cc(S(=O)(=O)N(C)C)ccc3n2CC)c1. The van der Waals surface area contributed by atoms with Gasteiger partial charge in [0.05, 0.1) is 15.9 Å². The third-order valence-electron chi connectivity index (χ3n) is 5.21. The molecule has 3 amide bonds. The van der Waals surface area contributed by atoms with Crippen molar-refractivity contribution in [1.29, 1.82) is 0 Å². The summed E-state index contributed by atoms with van der Waals surface area (Å²) in [6.07, 6.45) is 0.584. The Kier molecular flexibility index (Phi) is 7.90. The Bertz CT molecular complexity index is 1300. The molecule has 0 fully saturated rings. The van der Waals surface area contributed by atoms with Gasteiger partial charge in [0.1, 0.15) is 5.82 Å². The highest BCUT2D eigenvalue weighted by molar-refractivity contribution is 7.89. The Labute approximate surface area is 199 Å². The lowest BCUT2D eigenvalue weighted by molar-refractivity contribution is -0.116. The molecule has 10 nitrogen and oxygen atoms in total. The number of benzene rings is 2. The van der Waals surface area contributed by atoms with Crippen molar-refractivity contribution in [3.8, 4) is 0 Å². The Morgan fingerprint density at radius 3 is 2.38 bits per heavy atom. The van der Waals surface area contributed by atoms with Gasteiger partial charge in [-0.15, -0.1) is 0 Å². The van der Waals surface area contributed by atoms with Crippen molar-refractivity contribution >= 4 is 44.4 Å². The van der Waals surface area contributed by atoms with Crippen LogP contribution in [0.5, 0.6) is 0 Å². The van der Waals surface area contributed by atoms with Crippen LogP contribution in [-0.2, 0) is 27.8 Å². The Morgan fingerprint density at radius 1 is 1.03 bits per heavy atom. The fourth-order valence-electron chi connectivity index (χ4n) is 3.53. The van der Waals surface area contributed by atoms with Gasteiger partial charge in [0.25, 0.3) is 0 Å². The molecule has 0 saturated heterocycles. The van der Waals surface area contributed by atoms with Crippen molar-refractivity contribution in [2.24, 2.45) is 0 Å². The second-order valence-electron chi connectivity index (χ2n) is 7.82. The summed E-state index contributed by atoms with van der Waals surface area (Å²) in [4.78, 5) is 29.0. The average Bonchev–Trinajstić information content (AvgIpc) is 3.14. The number of aryl methyl sites for hydroxylation is 2. The quantitative estimate of drug-likeness (QED) is 0.429. The number of rotatable bonds is 9. The number of nitrogens with one attached hydrogen (secondary N) is 3. The van der Waals surface area contributed by atoms with Crippen molar-refractivity contribution < 1.29 is 18.0 Å². The zero-order valence-corrected chi connectivity index (χ0v) is 20.6. The number of carbonyl (C=O) groups excluding carboxylic acids is 2. The van der Waals surface area contributed by atoms with Crippen molar-refractivity contribution in [1.82, 2.24) is 19.2 Å². The first-order valence-corrected chi connectivity index (χ1v) is 12.5. The summed E-state index contributed by atoms with van der Waals surface area (Å²) in [5, 5.41) is 8.19. The molecule has 3 rings (SSSR count). The van der Waals surface area contributed by atoms with E-state index < -0.39 is 10.0 Å². The highest BCUT2D eigenvalue weighted by Gasteiger charge is 2.19. The van der Waals surface area contributed by atoms with Crippen LogP contribution in [0, 0.1) is 0 Å². The van der Waals surface area contributed by atoms with Crippen LogP contribution >= 0.6 is 0 Å². The molecule has 0 unspecified atom stereocenters. The first kappa shape index (κ1) is 25.2. The van der Waals surface area contributed by atoms with E-state index in [-0.39, 0.29) is 23.3 Å². The largest absolute Gasteiger partial charge is 0.338 e. The second kappa shape index (κ2) is 10.7. The number of hydrogen-bond acceptors (Lipinski definition) is 5. The molecule has 0 radical (unpaired) electrons. The highest BCUT2D eigenvalue weighted by atomic mass is 32.2. The molecule has 0 aliphatic carbocycles. The van der Waals surface area contributed by atoms with Crippen LogP contribution in [0.1, 0.15) is 26.1 Å². The number of sulfonamides is 1. The summed E-state index contributed by atoms with van der Waals surface area (Å²) in [6.45, 7) is 4.95. The van der Waals surface area contributed by atoms with E-state index in [4.69, 9.17) is 0 Å². The van der Waals surface area contributed by atoms with Crippen LogP contribution < -0.4 is 16.0 Å². The monoisotopic (exact) mass is 486 g/mol. The van der Waals surface area contributed by atoms with Gasteiger partial charge >= 0.3 is 6.03 Å². The molecule has 34 heavy (non-hydrogen) atoms. The number of aromatic nitrogens is 2. The minimum absolute atomic E-state index is 0.177. The molecule has 0 spiro atoms. The number of nitrogens with zero attached hydrogens (tertiary/aromatic N) is 3. The van der Waals surface area contributed by atoms with Gasteiger partial charge in [0.15, 0.2) is 0 Å². The van der Waals surface area contributed by atoms with E-state index in [9.17, 15) is 18.0 Å². The van der Waals surface area contributed by atoms with Gasteiger partial charge in [0, 0.05) is 51.4 Å². The van der Waals surface area contributed by atoms with Crippen LogP contribution in [0.4, 0.5) is 16.2 Å². The number of urea groups is 1. The van der Waals surface area contributed by atoms with E-state index in [2.05, 4.69) is 20.9 Å². The molecule has 0 bridgehead atoms.